The number of fused-ring (bicyclic) bond motifs is 1. The molecule has 1 saturated heterocycles. The molecule has 5 nitrogen and oxygen atoms in total. The Morgan fingerprint density at radius 3 is 2.77 bits per heavy atom. The van der Waals surface area contributed by atoms with Crippen LogP contribution in [-0.2, 0) is 22.2 Å². The van der Waals surface area contributed by atoms with Crippen molar-refractivity contribution in [1.82, 2.24) is 9.55 Å². The molecule has 1 aromatic carbocycles. The fourth-order valence-electron chi connectivity index (χ4n) is 3.32. The van der Waals surface area contributed by atoms with E-state index in [0.29, 0.717) is 30.0 Å². The van der Waals surface area contributed by atoms with E-state index in [0.717, 1.165) is 11.5 Å². The molecule has 0 bridgehead atoms. The summed E-state index contributed by atoms with van der Waals surface area (Å²) in [5.74, 6) is 0. The zero-order valence-electron chi connectivity index (χ0n) is 15.9. The molecule has 4 rings (SSSR count). The molecule has 0 radical (unpaired) electrons. The van der Waals surface area contributed by atoms with Gasteiger partial charge >= 0.3 is 6.18 Å². The Morgan fingerprint density at radius 2 is 2.07 bits per heavy atom. The van der Waals surface area contributed by atoms with Crippen LogP contribution in [0.25, 0.3) is 17.1 Å². The number of pyridine rings is 1. The highest BCUT2D eigenvalue weighted by molar-refractivity contribution is 5.87. The highest BCUT2D eigenvalue weighted by atomic mass is 19.4. The first-order chi connectivity index (χ1) is 14.5. The Kier molecular flexibility index (Phi) is 5.57. The van der Waals surface area contributed by atoms with Crippen LogP contribution in [-0.4, -0.2) is 35.5 Å². The van der Waals surface area contributed by atoms with E-state index < -0.39 is 11.7 Å². The largest absolute Gasteiger partial charge is 0.416 e. The van der Waals surface area contributed by atoms with E-state index in [-0.39, 0.29) is 24.8 Å². The van der Waals surface area contributed by atoms with Gasteiger partial charge in [-0.05, 0) is 29.8 Å². The number of rotatable bonds is 6. The monoisotopic (exact) mass is 413 g/mol. The quantitative estimate of drug-likeness (QED) is 0.561. The second-order valence-electron chi connectivity index (χ2n) is 6.99. The van der Waals surface area contributed by atoms with Gasteiger partial charge < -0.3 is 14.0 Å². The van der Waals surface area contributed by atoms with Crippen molar-refractivity contribution in [3.63, 3.8) is 0 Å². The van der Waals surface area contributed by atoms with E-state index in [1.54, 1.807) is 35.2 Å². The lowest BCUT2D eigenvalue weighted by Crippen LogP contribution is -2.36. The van der Waals surface area contributed by atoms with E-state index in [1.165, 1.54) is 12.1 Å². The molecule has 3 heterocycles. The molecule has 2 aromatic heterocycles. The van der Waals surface area contributed by atoms with Gasteiger partial charge in [-0.1, -0.05) is 18.2 Å². The predicted octanol–water partition coefficient (Wildman–Crippen LogP) is 4.43. The molecule has 0 saturated carbocycles. The van der Waals surface area contributed by atoms with E-state index in [2.05, 4.69) is 11.1 Å². The van der Waals surface area contributed by atoms with E-state index in [4.69, 9.17) is 9.47 Å². The third-order valence-corrected chi connectivity index (χ3v) is 4.88. The molecule has 3 aromatic rings. The van der Waals surface area contributed by atoms with E-state index in [1.807, 2.05) is 6.07 Å². The molecule has 0 unspecified atom stereocenters. The molecular weight excluding hydrogens is 395 g/mol. The van der Waals surface area contributed by atoms with Gasteiger partial charge in [-0.2, -0.15) is 18.4 Å². The SMILES string of the molecule is N#C/C(=C\c1cn(Cc2ccccc2C(F)(F)F)c2ncccc12)COC1COC1. The maximum atomic E-state index is 13.4. The number of nitrogens with zero attached hydrogens (tertiary/aromatic N) is 3. The van der Waals surface area contributed by atoms with Crippen LogP contribution >= 0.6 is 0 Å². The van der Waals surface area contributed by atoms with Crippen molar-refractivity contribution in [2.45, 2.75) is 18.8 Å². The number of nitriles is 1. The Balaban J connectivity index is 1.68. The minimum atomic E-state index is -4.44. The molecule has 1 aliphatic rings. The first-order valence-electron chi connectivity index (χ1n) is 9.34. The van der Waals surface area contributed by atoms with Crippen LogP contribution in [0.15, 0.2) is 54.4 Å². The fraction of sp³-hybridized carbons (Fsp3) is 0.273. The predicted molar refractivity (Wildman–Crippen MR) is 104 cm³/mol. The third kappa shape index (κ3) is 4.22. The van der Waals surface area contributed by atoms with Gasteiger partial charge in [0.15, 0.2) is 0 Å². The van der Waals surface area contributed by atoms with Crippen molar-refractivity contribution in [3.05, 3.63) is 71.1 Å². The lowest BCUT2D eigenvalue weighted by molar-refractivity contribution is -0.138. The van der Waals surface area contributed by atoms with Crippen LogP contribution in [0.2, 0.25) is 0 Å². The molecule has 1 aliphatic heterocycles. The van der Waals surface area contributed by atoms with Crippen molar-refractivity contribution in [1.29, 1.82) is 5.26 Å². The van der Waals surface area contributed by atoms with Crippen LogP contribution in [0.4, 0.5) is 13.2 Å². The molecular formula is C22H18F3N3O2. The smallest absolute Gasteiger partial charge is 0.376 e. The van der Waals surface area contributed by atoms with Crippen LogP contribution in [0.1, 0.15) is 16.7 Å². The zero-order valence-corrected chi connectivity index (χ0v) is 15.9. The number of ether oxygens (including phenoxy) is 2. The van der Waals surface area contributed by atoms with Gasteiger partial charge in [-0.25, -0.2) is 4.98 Å². The molecule has 0 N–H and O–H groups in total. The molecule has 0 spiro atoms. The fourth-order valence-corrected chi connectivity index (χ4v) is 3.32. The summed E-state index contributed by atoms with van der Waals surface area (Å²) in [4.78, 5) is 4.34. The van der Waals surface area contributed by atoms with E-state index >= 15 is 0 Å². The molecule has 154 valence electrons. The summed E-state index contributed by atoms with van der Waals surface area (Å²) in [7, 11) is 0. The van der Waals surface area contributed by atoms with Crippen LogP contribution < -0.4 is 0 Å². The van der Waals surface area contributed by atoms with Crippen molar-refractivity contribution < 1.29 is 22.6 Å². The number of hydrogen-bond donors (Lipinski definition) is 0. The highest BCUT2D eigenvalue weighted by Crippen LogP contribution is 2.33. The lowest BCUT2D eigenvalue weighted by Gasteiger charge is -2.25. The zero-order chi connectivity index (χ0) is 21.1. The molecule has 0 aliphatic carbocycles. The number of halogens is 3. The average Bonchev–Trinajstić information content (AvgIpc) is 3.03. The van der Waals surface area contributed by atoms with Crippen LogP contribution in [0, 0.1) is 11.3 Å². The summed E-state index contributed by atoms with van der Waals surface area (Å²) in [6, 6.07) is 11.2. The Hall–Kier alpha value is -3.15. The van der Waals surface area contributed by atoms with Gasteiger partial charge in [0.2, 0.25) is 0 Å². The van der Waals surface area contributed by atoms with Crippen molar-refractivity contribution >= 4 is 17.1 Å². The summed E-state index contributed by atoms with van der Waals surface area (Å²) in [6.07, 6.45) is 0.548. The van der Waals surface area contributed by atoms with Gasteiger partial charge in [0.05, 0.1) is 37.0 Å². The van der Waals surface area contributed by atoms with E-state index in [9.17, 15) is 18.4 Å². The first kappa shape index (κ1) is 20.1. The topological polar surface area (TPSA) is 60.1 Å². The number of aromatic nitrogens is 2. The number of alkyl halides is 3. The average molecular weight is 413 g/mol. The molecule has 1 fully saturated rings. The molecule has 30 heavy (non-hydrogen) atoms. The summed E-state index contributed by atoms with van der Waals surface area (Å²) in [6.45, 7) is 1.18. The maximum absolute atomic E-state index is 13.4. The normalized spacial score (nSPS) is 15.2. The number of benzene rings is 1. The summed E-state index contributed by atoms with van der Waals surface area (Å²) < 4.78 is 52.5. The molecule has 0 atom stereocenters. The Morgan fingerprint density at radius 1 is 1.27 bits per heavy atom. The minimum Gasteiger partial charge on any atom is -0.376 e. The Bertz CT molecular complexity index is 1120. The summed E-state index contributed by atoms with van der Waals surface area (Å²) >= 11 is 0. The maximum Gasteiger partial charge on any atom is 0.416 e. The lowest BCUT2D eigenvalue weighted by atomic mass is 10.1. The van der Waals surface area contributed by atoms with Gasteiger partial charge in [0, 0.05) is 29.9 Å². The molecule has 8 heteroatoms. The second-order valence-corrected chi connectivity index (χ2v) is 6.99. The summed E-state index contributed by atoms with van der Waals surface area (Å²) in [5, 5.41) is 10.2. The van der Waals surface area contributed by atoms with Gasteiger partial charge in [0.1, 0.15) is 11.8 Å². The third-order valence-electron chi connectivity index (χ3n) is 4.88. The number of hydrogen-bond acceptors (Lipinski definition) is 4. The van der Waals surface area contributed by atoms with Gasteiger partial charge in [0.25, 0.3) is 0 Å². The van der Waals surface area contributed by atoms with Crippen LogP contribution in [0.3, 0.4) is 0 Å². The Labute approximate surface area is 171 Å². The van der Waals surface area contributed by atoms with Gasteiger partial charge in [-0.3, -0.25) is 0 Å². The van der Waals surface area contributed by atoms with Gasteiger partial charge in [-0.15, -0.1) is 0 Å². The summed E-state index contributed by atoms with van der Waals surface area (Å²) in [5.41, 5.74) is 1.14. The minimum absolute atomic E-state index is 0.00877. The van der Waals surface area contributed by atoms with Crippen molar-refractivity contribution in [2.75, 3.05) is 19.8 Å². The van der Waals surface area contributed by atoms with Crippen molar-refractivity contribution in [2.24, 2.45) is 0 Å². The first-order valence-corrected chi connectivity index (χ1v) is 9.34. The highest BCUT2D eigenvalue weighted by Gasteiger charge is 2.33. The van der Waals surface area contributed by atoms with Crippen LogP contribution in [0.5, 0.6) is 0 Å². The van der Waals surface area contributed by atoms with Crippen molar-refractivity contribution in [3.8, 4) is 6.07 Å². The standard InChI is InChI=1S/C22H18F3N3O2/c23-22(24,25)20-6-2-1-4-16(20)10-28-11-17(19-5-3-7-27-21(19)28)8-15(9-26)12-30-18-13-29-14-18/h1-8,11,18H,10,12-14H2/b15-8+. The second kappa shape index (κ2) is 8.30. The molecule has 0 amide bonds.